The number of aryl methyl sites for hydroxylation is 1. The predicted molar refractivity (Wildman–Crippen MR) is 127 cm³/mol. The molecule has 1 N–H and O–H groups in total. The van der Waals surface area contributed by atoms with E-state index in [2.05, 4.69) is 4.98 Å². The maximum atomic E-state index is 13.1. The van der Waals surface area contributed by atoms with Gasteiger partial charge in [-0.15, -0.1) is 0 Å². The fourth-order valence-electron chi connectivity index (χ4n) is 4.20. The van der Waals surface area contributed by atoms with E-state index in [0.29, 0.717) is 11.3 Å². The Morgan fingerprint density at radius 2 is 1.64 bits per heavy atom. The van der Waals surface area contributed by atoms with Crippen molar-refractivity contribution in [3.05, 3.63) is 81.7 Å². The lowest BCUT2D eigenvalue weighted by Crippen LogP contribution is -2.26. The molecule has 0 bridgehead atoms. The van der Waals surface area contributed by atoms with E-state index in [-0.39, 0.29) is 44.3 Å². The van der Waals surface area contributed by atoms with E-state index >= 15 is 0 Å². The number of hydrogen-bond acceptors (Lipinski definition) is 8. The van der Waals surface area contributed by atoms with Gasteiger partial charge < -0.3 is 14.5 Å². The first kappa shape index (κ1) is 25.1. The number of H-pyrrole nitrogens is 1. The van der Waals surface area contributed by atoms with Crippen LogP contribution >= 0.6 is 0 Å². The Balaban J connectivity index is 1.60. The van der Waals surface area contributed by atoms with E-state index in [1.54, 1.807) is 26.8 Å². The average Bonchev–Trinajstić information content (AvgIpc) is 3.15. The zero-order valence-corrected chi connectivity index (χ0v) is 20.8. The minimum absolute atomic E-state index is 0.0432. The third-order valence-electron chi connectivity index (χ3n) is 5.99. The molecule has 0 fully saturated rings. The summed E-state index contributed by atoms with van der Waals surface area (Å²) in [5.74, 6) is -2.55. The van der Waals surface area contributed by atoms with E-state index in [9.17, 15) is 27.6 Å². The van der Waals surface area contributed by atoms with E-state index < -0.39 is 39.4 Å². The molecule has 0 saturated carbocycles. The van der Waals surface area contributed by atoms with Crippen LogP contribution < -0.4 is 0 Å². The lowest BCUT2D eigenvalue weighted by Gasteiger charge is -2.19. The van der Waals surface area contributed by atoms with Crippen LogP contribution in [0.1, 0.15) is 72.2 Å². The van der Waals surface area contributed by atoms with Crippen LogP contribution in [0.15, 0.2) is 52.3 Å². The van der Waals surface area contributed by atoms with Crippen molar-refractivity contribution < 1.29 is 37.1 Å². The minimum atomic E-state index is -4.04. The number of fused-ring (bicyclic) bond motifs is 2. The highest BCUT2D eigenvalue weighted by Crippen LogP contribution is 2.35. The van der Waals surface area contributed by atoms with Crippen LogP contribution in [0.4, 0.5) is 0 Å². The van der Waals surface area contributed by atoms with Crippen molar-refractivity contribution in [2.75, 3.05) is 6.61 Å². The molecule has 36 heavy (non-hydrogen) atoms. The molecule has 9 nitrogen and oxygen atoms in total. The quantitative estimate of drug-likeness (QED) is 0.307. The Morgan fingerprint density at radius 3 is 2.33 bits per heavy atom. The van der Waals surface area contributed by atoms with Crippen molar-refractivity contribution in [1.29, 1.82) is 0 Å². The van der Waals surface area contributed by atoms with Crippen LogP contribution in [-0.2, 0) is 19.3 Å². The number of carbonyl (C=O) groups is 4. The largest absolute Gasteiger partial charge is 0.462 e. The highest BCUT2D eigenvalue weighted by atomic mass is 32.2. The number of ketones is 2. The van der Waals surface area contributed by atoms with Gasteiger partial charge in [-0.05, 0) is 63.6 Å². The van der Waals surface area contributed by atoms with Gasteiger partial charge in [-0.2, -0.15) is 0 Å². The van der Waals surface area contributed by atoms with E-state index in [1.807, 2.05) is 0 Å². The Bertz CT molecular complexity index is 1550. The summed E-state index contributed by atoms with van der Waals surface area (Å²) in [4.78, 5) is 53.2. The smallest absolute Gasteiger partial charge is 0.340 e. The number of rotatable bonds is 6. The van der Waals surface area contributed by atoms with Crippen LogP contribution in [0.25, 0.3) is 0 Å². The summed E-state index contributed by atoms with van der Waals surface area (Å²) in [6, 6.07) is 9.48. The summed E-state index contributed by atoms with van der Waals surface area (Å²) >= 11 is 0. The molecular formula is C26H23NO8S. The number of esters is 2. The lowest BCUT2D eigenvalue weighted by molar-refractivity contribution is 0.0316. The molecule has 3 aromatic rings. The average molecular weight is 510 g/mol. The molecule has 0 spiro atoms. The minimum Gasteiger partial charge on any atom is -0.462 e. The van der Waals surface area contributed by atoms with Crippen molar-refractivity contribution in [1.82, 2.24) is 4.98 Å². The van der Waals surface area contributed by atoms with Gasteiger partial charge in [-0.25, -0.2) is 18.0 Å². The molecule has 1 aliphatic rings. The van der Waals surface area contributed by atoms with Gasteiger partial charge in [0, 0.05) is 16.8 Å². The van der Waals surface area contributed by atoms with E-state index in [4.69, 9.17) is 9.47 Å². The van der Waals surface area contributed by atoms with Crippen molar-refractivity contribution in [3.8, 4) is 0 Å². The Morgan fingerprint density at radius 1 is 0.972 bits per heavy atom. The normalized spacial score (nSPS) is 14.4. The van der Waals surface area contributed by atoms with Crippen LogP contribution in [-0.4, -0.2) is 49.6 Å². The number of nitrogens with one attached hydrogen (secondary N) is 1. The molecule has 2 aromatic carbocycles. The van der Waals surface area contributed by atoms with Crippen molar-refractivity contribution >= 4 is 33.3 Å². The SMILES string of the molecule is CCOC(=O)c1c(C)[nH]c(C(=O)[C@H](C)OC(=O)c2ccc3c(c2)S(=O)(=O)c2ccccc2C3=O)c1C. The maximum absolute atomic E-state index is 13.1. The summed E-state index contributed by atoms with van der Waals surface area (Å²) in [6.07, 6.45) is -1.25. The number of carbonyl (C=O) groups excluding carboxylic acids is 4. The molecule has 0 amide bonds. The molecule has 0 radical (unpaired) electrons. The van der Waals surface area contributed by atoms with Gasteiger partial charge in [0.15, 0.2) is 11.9 Å². The molecule has 1 aromatic heterocycles. The first-order valence-corrected chi connectivity index (χ1v) is 12.6. The van der Waals surface area contributed by atoms with Gasteiger partial charge in [-0.3, -0.25) is 9.59 Å². The molecule has 186 valence electrons. The standard InChI is InChI=1S/C26H23NO8S/c1-5-34-26(31)21-13(2)22(27-14(21)3)23(28)15(4)35-25(30)16-10-11-18-20(12-16)36(32,33)19-9-7-6-8-17(19)24(18)29/h6-12,15,27H,5H2,1-4H3/t15-/m0/s1. The van der Waals surface area contributed by atoms with E-state index in [0.717, 1.165) is 6.07 Å². The number of Topliss-reactive ketones (excluding diaryl/α,β-unsaturated/α-hetero) is 1. The summed E-state index contributed by atoms with van der Waals surface area (Å²) in [5.41, 5.74) is 1.05. The summed E-state index contributed by atoms with van der Waals surface area (Å²) in [7, 11) is -4.04. The maximum Gasteiger partial charge on any atom is 0.340 e. The molecule has 10 heteroatoms. The fourth-order valence-corrected chi connectivity index (χ4v) is 5.88. The summed E-state index contributed by atoms with van der Waals surface area (Å²) < 4.78 is 36.6. The third kappa shape index (κ3) is 4.03. The Labute approximate surface area is 207 Å². The third-order valence-corrected chi connectivity index (χ3v) is 7.84. The van der Waals surface area contributed by atoms with Crippen LogP contribution in [0.2, 0.25) is 0 Å². The lowest BCUT2D eigenvalue weighted by atomic mass is 10.0. The highest BCUT2D eigenvalue weighted by molar-refractivity contribution is 7.91. The first-order valence-electron chi connectivity index (χ1n) is 11.1. The molecule has 1 atom stereocenters. The second-order valence-corrected chi connectivity index (χ2v) is 10.2. The summed E-state index contributed by atoms with van der Waals surface area (Å²) in [5, 5.41) is 0. The summed E-state index contributed by atoms with van der Waals surface area (Å²) in [6.45, 7) is 6.42. The topological polar surface area (TPSA) is 137 Å². The fraction of sp³-hybridized carbons (Fsp3) is 0.231. The van der Waals surface area contributed by atoms with Crippen molar-refractivity contribution in [3.63, 3.8) is 0 Å². The molecule has 0 unspecified atom stereocenters. The number of ether oxygens (including phenoxy) is 2. The predicted octanol–water partition coefficient (Wildman–Crippen LogP) is 3.61. The first-order chi connectivity index (χ1) is 17.0. The molecule has 0 saturated heterocycles. The van der Waals surface area contributed by atoms with Crippen molar-refractivity contribution in [2.24, 2.45) is 0 Å². The zero-order chi connectivity index (χ0) is 26.4. The number of sulfone groups is 1. The molecule has 1 aliphatic heterocycles. The zero-order valence-electron chi connectivity index (χ0n) is 20.0. The molecule has 4 rings (SSSR count). The van der Waals surface area contributed by atoms with Gasteiger partial charge in [0.1, 0.15) is 0 Å². The van der Waals surface area contributed by atoms with Gasteiger partial charge in [0.25, 0.3) is 0 Å². The van der Waals surface area contributed by atoms with E-state index in [1.165, 1.54) is 37.3 Å². The van der Waals surface area contributed by atoms with Gasteiger partial charge in [-0.1, -0.05) is 12.1 Å². The van der Waals surface area contributed by atoms with Gasteiger partial charge in [0.05, 0.1) is 33.2 Å². The molecular weight excluding hydrogens is 486 g/mol. The van der Waals surface area contributed by atoms with Crippen LogP contribution in [0, 0.1) is 13.8 Å². The van der Waals surface area contributed by atoms with Crippen molar-refractivity contribution in [2.45, 2.75) is 43.6 Å². The number of hydrogen-bond donors (Lipinski definition) is 1. The Hall–Kier alpha value is -4.05. The van der Waals surface area contributed by atoms with Gasteiger partial charge in [0.2, 0.25) is 15.6 Å². The van der Waals surface area contributed by atoms with Crippen LogP contribution in [0.5, 0.6) is 0 Å². The Kier molecular flexibility index (Phi) is 6.40. The second kappa shape index (κ2) is 9.19. The molecule has 2 heterocycles. The van der Waals surface area contributed by atoms with Crippen LogP contribution in [0.3, 0.4) is 0 Å². The monoisotopic (exact) mass is 509 g/mol. The highest BCUT2D eigenvalue weighted by Gasteiger charge is 2.35. The number of benzene rings is 2. The van der Waals surface area contributed by atoms with Gasteiger partial charge >= 0.3 is 11.9 Å². The second-order valence-electron chi connectivity index (χ2n) is 8.30. The number of aromatic nitrogens is 1. The molecule has 0 aliphatic carbocycles. The number of aromatic amines is 1.